The first kappa shape index (κ1) is 11.6. The van der Waals surface area contributed by atoms with E-state index in [4.69, 9.17) is 0 Å². The Morgan fingerprint density at radius 1 is 1.12 bits per heavy atom. The SMILES string of the molecule is C=C(C(C)=O)C([O])c1cccc2ccccc12. The molecule has 0 aliphatic rings. The second-order valence-electron chi connectivity index (χ2n) is 4.03. The molecule has 0 fully saturated rings. The van der Waals surface area contributed by atoms with Crippen molar-refractivity contribution in [3.8, 4) is 0 Å². The molecule has 1 atom stereocenters. The first-order valence-corrected chi connectivity index (χ1v) is 5.44. The maximum Gasteiger partial charge on any atom is 0.158 e. The minimum absolute atomic E-state index is 0.112. The lowest BCUT2D eigenvalue weighted by Gasteiger charge is -2.12. The van der Waals surface area contributed by atoms with Crippen LogP contribution in [0.25, 0.3) is 10.8 Å². The molecule has 0 bridgehead atoms. The summed E-state index contributed by atoms with van der Waals surface area (Å²) in [6.45, 7) is 4.95. The highest BCUT2D eigenvalue weighted by Gasteiger charge is 2.18. The molecule has 2 aromatic carbocycles. The molecule has 0 saturated heterocycles. The Labute approximate surface area is 100 Å². The molecule has 1 radical (unpaired) electrons. The second kappa shape index (κ2) is 4.52. The Kier molecular flexibility index (Phi) is 3.07. The Hall–Kier alpha value is -1.93. The number of hydrogen-bond donors (Lipinski definition) is 0. The van der Waals surface area contributed by atoms with Crippen LogP contribution in [-0.4, -0.2) is 5.78 Å². The normalized spacial score (nSPS) is 12.4. The van der Waals surface area contributed by atoms with Gasteiger partial charge in [-0.1, -0.05) is 49.0 Å². The highest BCUT2D eigenvalue weighted by molar-refractivity contribution is 5.95. The van der Waals surface area contributed by atoms with Crippen molar-refractivity contribution in [2.45, 2.75) is 13.0 Å². The van der Waals surface area contributed by atoms with E-state index in [1.54, 1.807) is 6.07 Å². The summed E-state index contributed by atoms with van der Waals surface area (Å²) in [6, 6.07) is 13.2. The van der Waals surface area contributed by atoms with Gasteiger partial charge in [-0.05, 0) is 23.3 Å². The van der Waals surface area contributed by atoms with Gasteiger partial charge in [0.25, 0.3) is 0 Å². The molecule has 0 saturated carbocycles. The smallest absolute Gasteiger partial charge is 0.158 e. The summed E-state index contributed by atoms with van der Waals surface area (Å²) in [7, 11) is 0. The van der Waals surface area contributed by atoms with Gasteiger partial charge in [0.05, 0.1) is 0 Å². The van der Waals surface area contributed by atoms with Crippen molar-refractivity contribution in [2.24, 2.45) is 0 Å². The fraction of sp³-hybridized carbons (Fsp3) is 0.133. The molecule has 0 spiro atoms. The van der Waals surface area contributed by atoms with Gasteiger partial charge in [0.15, 0.2) is 5.78 Å². The maximum absolute atomic E-state index is 12.2. The van der Waals surface area contributed by atoms with Crippen molar-refractivity contribution in [3.63, 3.8) is 0 Å². The van der Waals surface area contributed by atoms with E-state index in [0.717, 1.165) is 10.8 Å². The van der Waals surface area contributed by atoms with Crippen LogP contribution in [0.15, 0.2) is 54.6 Å². The monoisotopic (exact) mass is 225 g/mol. The van der Waals surface area contributed by atoms with E-state index in [1.165, 1.54) is 6.92 Å². The number of fused-ring (bicyclic) bond motifs is 1. The summed E-state index contributed by atoms with van der Waals surface area (Å²) in [5.41, 5.74) is 0.727. The average Bonchev–Trinajstić information content (AvgIpc) is 2.36. The van der Waals surface area contributed by atoms with Gasteiger partial charge in [-0.15, -0.1) is 0 Å². The largest absolute Gasteiger partial charge is 0.295 e. The van der Waals surface area contributed by atoms with Gasteiger partial charge < -0.3 is 0 Å². The van der Waals surface area contributed by atoms with Gasteiger partial charge >= 0.3 is 0 Å². The standard InChI is InChI=1S/C15H13O2/c1-10(11(2)16)15(17)14-9-5-7-12-6-3-4-8-13(12)14/h3-9,15H,1H2,2H3. The van der Waals surface area contributed by atoms with Crippen LogP contribution in [0.4, 0.5) is 0 Å². The molecule has 0 amide bonds. The number of carbonyl (C=O) groups excluding carboxylic acids is 1. The zero-order valence-electron chi connectivity index (χ0n) is 9.64. The Balaban J connectivity index is 2.56. The molecule has 0 heterocycles. The summed E-state index contributed by atoms with van der Waals surface area (Å²) in [5.74, 6) is -0.252. The van der Waals surface area contributed by atoms with Crippen LogP contribution in [0.2, 0.25) is 0 Å². The Bertz CT molecular complexity index is 579. The van der Waals surface area contributed by atoms with E-state index in [9.17, 15) is 9.90 Å². The molecule has 17 heavy (non-hydrogen) atoms. The van der Waals surface area contributed by atoms with Crippen molar-refractivity contribution < 1.29 is 9.90 Å². The summed E-state index contributed by atoms with van der Waals surface area (Å²) in [5, 5.41) is 14.1. The van der Waals surface area contributed by atoms with E-state index in [-0.39, 0.29) is 11.4 Å². The average molecular weight is 225 g/mol. The van der Waals surface area contributed by atoms with Crippen molar-refractivity contribution >= 4 is 16.6 Å². The van der Waals surface area contributed by atoms with E-state index < -0.39 is 6.10 Å². The molecule has 2 nitrogen and oxygen atoms in total. The topological polar surface area (TPSA) is 37.0 Å². The van der Waals surface area contributed by atoms with Crippen molar-refractivity contribution in [2.75, 3.05) is 0 Å². The molecule has 2 aromatic rings. The predicted molar refractivity (Wildman–Crippen MR) is 67.2 cm³/mol. The molecular weight excluding hydrogens is 212 g/mol. The van der Waals surface area contributed by atoms with Crippen LogP contribution >= 0.6 is 0 Å². The van der Waals surface area contributed by atoms with E-state index in [0.29, 0.717) is 5.56 Å². The van der Waals surface area contributed by atoms with Gasteiger partial charge in [-0.2, -0.15) is 0 Å². The first-order chi connectivity index (χ1) is 8.11. The summed E-state index contributed by atoms with van der Waals surface area (Å²) in [6.07, 6.45) is -1.18. The van der Waals surface area contributed by atoms with Crippen LogP contribution < -0.4 is 0 Å². The van der Waals surface area contributed by atoms with Gasteiger partial charge in [-0.3, -0.25) is 4.79 Å². The second-order valence-corrected chi connectivity index (χ2v) is 4.03. The molecule has 0 aromatic heterocycles. The lowest BCUT2D eigenvalue weighted by atomic mass is 9.95. The van der Waals surface area contributed by atoms with Crippen molar-refractivity contribution in [1.29, 1.82) is 0 Å². The fourth-order valence-electron chi connectivity index (χ4n) is 1.85. The minimum atomic E-state index is -1.18. The number of ketones is 1. The molecule has 0 aliphatic heterocycles. The van der Waals surface area contributed by atoms with Crippen LogP contribution in [0.1, 0.15) is 18.6 Å². The highest BCUT2D eigenvalue weighted by atomic mass is 16.3. The maximum atomic E-state index is 12.2. The zero-order chi connectivity index (χ0) is 12.4. The molecular formula is C15H13O2. The van der Waals surface area contributed by atoms with Gasteiger partial charge in [0.1, 0.15) is 6.10 Å². The van der Waals surface area contributed by atoms with Gasteiger partial charge in [0.2, 0.25) is 0 Å². The molecule has 2 rings (SSSR count). The number of carbonyl (C=O) groups is 1. The summed E-state index contributed by atoms with van der Waals surface area (Å²) in [4.78, 5) is 11.2. The van der Waals surface area contributed by atoms with Crippen molar-refractivity contribution in [3.05, 3.63) is 60.2 Å². The predicted octanol–water partition coefficient (Wildman–Crippen LogP) is 3.46. The lowest BCUT2D eigenvalue weighted by molar-refractivity contribution is -0.114. The lowest BCUT2D eigenvalue weighted by Crippen LogP contribution is -2.06. The number of hydrogen-bond acceptors (Lipinski definition) is 1. The van der Waals surface area contributed by atoms with Gasteiger partial charge in [0, 0.05) is 5.57 Å². The van der Waals surface area contributed by atoms with Crippen LogP contribution in [0.3, 0.4) is 0 Å². The molecule has 2 heteroatoms. The Morgan fingerprint density at radius 3 is 2.47 bits per heavy atom. The van der Waals surface area contributed by atoms with E-state index >= 15 is 0 Å². The first-order valence-electron chi connectivity index (χ1n) is 5.44. The van der Waals surface area contributed by atoms with E-state index in [1.807, 2.05) is 36.4 Å². The summed E-state index contributed by atoms with van der Waals surface area (Å²) < 4.78 is 0. The number of rotatable bonds is 3. The third-order valence-electron chi connectivity index (χ3n) is 2.87. The fourth-order valence-corrected chi connectivity index (χ4v) is 1.85. The highest BCUT2D eigenvalue weighted by Crippen LogP contribution is 2.28. The van der Waals surface area contributed by atoms with Crippen LogP contribution in [0, 0.1) is 0 Å². The van der Waals surface area contributed by atoms with Crippen LogP contribution in [-0.2, 0) is 9.90 Å². The number of Topliss-reactive ketones (excluding diaryl/α,β-unsaturated/α-hetero) is 1. The molecule has 0 aliphatic carbocycles. The zero-order valence-corrected chi connectivity index (χ0v) is 9.64. The quantitative estimate of drug-likeness (QED) is 0.737. The minimum Gasteiger partial charge on any atom is -0.295 e. The Morgan fingerprint density at radius 2 is 1.76 bits per heavy atom. The van der Waals surface area contributed by atoms with Crippen LogP contribution in [0.5, 0.6) is 0 Å². The molecule has 85 valence electrons. The van der Waals surface area contributed by atoms with Gasteiger partial charge in [-0.25, -0.2) is 5.11 Å². The molecule has 0 N–H and O–H groups in total. The number of benzene rings is 2. The third-order valence-corrected chi connectivity index (χ3v) is 2.87. The van der Waals surface area contributed by atoms with E-state index in [2.05, 4.69) is 6.58 Å². The third kappa shape index (κ3) is 2.12. The summed E-state index contributed by atoms with van der Waals surface area (Å²) >= 11 is 0. The van der Waals surface area contributed by atoms with Crippen molar-refractivity contribution in [1.82, 2.24) is 0 Å². The molecule has 1 unspecified atom stereocenters.